The monoisotopic (exact) mass is 259 g/mol. The van der Waals surface area contributed by atoms with Crippen LogP contribution in [0.15, 0.2) is 35.1 Å². The highest BCUT2D eigenvalue weighted by atomic mass is 16.2. The molecule has 1 heterocycles. The van der Waals surface area contributed by atoms with Crippen molar-refractivity contribution in [2.45, 2.75) is 26.3 Å². The molecular formula is C14H17N3O2. The largest absolute Gasteiger partial charge is 0.325 e. The average molecular weight is 259 g/mol. The minimum Gasteiger partial charge on any atom is -0.325 e. The van der Waals surface area contributed by atoms with Crippen LogP contribution in [0.1, 0.15) is 28.0 Å². The molecule has 0 saturated heterocycles. The standard InChI is InChI=1S/C14H17N3O2/c1-10-4-2-3-5-11(10)6-7-14(19)17-12(9-15)8-13(18)16-17/h2-5,8H,6-7,9,15H2,1H3,(H,16,18). The first-order chi connectivity index (χ1) is 9.11. The Morgan fingerprint density at radius 3 is 2.79 bits per heavy atom. The summed E-state index contributed by atoms with van der Waals surface area (Å²) in [5, 5.41) is 2.48. The molecule has 0 radical (unpaired) electrons. The zero-order valence-corrected chi connectivity index (χ0v) is 10.8. The van der Waals surface area contributed by atoms with Gasteiger partial charge in [-0.15, -0.1) is 0 Å². The molecule has 0 fully saturated rings. The van der Waals surface area contributed by atoms with E-state index >= 15 is 0 Å². The van der Waals surface area contributed by atoms with Crippen molar-refractivity contribution in [1.82, 2.24) is 9.78 Å². The maximum atomic E-state index is 12.1. The van der Waals surface area contributed by atoms with E-state index in [1.165, 1.54) is 10.7 Å². The molecule has 0 atom stereocenters. The van der Waals surface area contributed by atoms with Gasteiger partial charge in [0.25, 0.3) is 5.56 Å². The van der Waals surface area contributed by atoms with Crippen LogP contribution in [0.25, 0.3) is 0 Å². The van der Waals surface area contributed by atoms with Crippen LogP contribution in [0, 0.1) is 6.92 Å². The van der Waals surface area contributed by atoms with E-state index in [-0.39, 0.29) is 18.0 Å². The zero-order chi connectivity index (χ0) is 13.8. The predicted molar refractivity (Wildman–Crippen MR) is 73.1 cm³/mol. The lowest BCUT2D eigenvalue weighted by Crippen LogP contribution is -2.19. The molecule has 19 heavy (non-hydrogen) atoms. The molecule has 0 aliphatic heterocycles. The van der Waals surface area contributed by atoms with Gasteiger partial charge in [-0.05, 0) is 24.5 Å². The molecule has 0 aliphatic rings. The van der Waals surface area contributed by atoms with Crippen molar-refractivity contribution in [3.63, 3.8) is 0 Å². The number of hydrogen-bond donors (Lipinski definition) is 2. The molecule has 0 spiro atoms. The van der Waals surface area contributed by atoms with Crippen LogP contribution >= 0.6 is 0 Å². The van der Waals surface area contributed by atoms with Crippen molar-refractivity contribution in [2.75, 3.05) is 0 Å². The van der Waals surface area contributed by atoms with Crippen molar-refractivity contribution in [3.05, 3.63) is 57.5 Å². The zero-order valence-electron chi connectivity index (χ0n) is 10.8. The minimum atomic E-state index is -0.301. The Balaban J connectivity index is 2.10. The molecule has 5 nitrogen and oxygen atoms in total. The number of carbonyl (C=O) groups is 1. The fourth-order valence-corrected chi connectivity index (χ4v) is 2.05. The molecule has 2 aromatic rings. The predicted octanol–water partition coefficient (Wildman–Crippen LogP) is 1.22. The lowest BCUT2D eigenvalue weighted by atomic mass is 10.0. The van der Waals surface area contributed by atoms with Gasteiger partial charge in [0.15, 0.2) is 0 Å². The number of aromatic amines is 1. The fourth-order valence-electron chi connectivity index (χ4n) is 2.05. The van der Waals surface area contributed by atoms with Crippen LogP contribution in [-0.4, -0.2) is 15.7 Å². The summed E-state index contributed by atoms with van der Waals surface area (Å²) in [4.78, 5) is 23.3. The summed E-state index contributed by atoms with van der Waals surface area (Å²) in [5.74, 6) is -0.147. The number of rotatable bonds is 4. The van der Waals surface area contributed by atoms with Gasteiger partial charge in [0.05, 0.1) is 5.69 Å². The van der Waals surface area contributed by atoms with E-state index in [1.807, 2.05) is 31.2 Å². The molecule has 0 aliphatic carbocycles. The van der Waals surface area contributed by atoms with Gasteiger partial charge >= 0.3 is 0 Å². The van der Waals surface area contributed by atoms with Gasteiger partial charge in [-0.3, -0.25) is 14.7 Å². The van der Waals surface area contributed by atoms with Crippen molar-refractivity contribution >= 4 is 5.91 Å². The van der Waals surface area contributed by atoms with Crippen molar-refractivity contribution < 1.29 is 4.79 Å². The van der Waals surface area contributed by atoms with E-state index < -0.39 is 0 Å². The normalized spacial score (nSPS) is 10.6. The molecule has 0 unspecified atom stereocenters. The summed E-state index contributed by atoms with van der Waals surface area (Å²) in [6, 6.07) is 9.30. The van der Waals surface area contributed by atoms with E-state index in [1.54, 1.807) is 0 Å². The van der Waals surface area contributed by atoms with Crippen LogP contribution in [0.4, 0.5) is 0 Å². The summed E-state index contributed by atoms with van der Waals surface area (Å²) >= 11 is 0. The second-order valence-electron chi connectivity index (χ2n) is 4.47. The number of aryl methyl sites for hydroxylation is 2. The molecular weight excluding hydrogens is 242 g/mol. The summed E-state index contributed by atoms with van der Waals surface area (Å²) in [5.41, 5.74) is 8.01. The smallest absolute Gasteiger partial charge is 0.264 e. The number of benzene rings is 1. The number of nitrogens with two attached hydrogens (primary N) is 1. The van der Waals surface area contributed by atoms with Gasteiger partial charge in [-0.25, -0.2) is 4.68 Å². The number of H-pyrrole nitrogens is 1. The van der Waals surface area contributed by atoms with Crippen LogP contribution in [0.5, 0.6) is 0 Å². The number of hydrogen-bond acceptors (Lipinski definition) is 3. The molecule has 1 aromatic heterocycles. The molecule has 100 valence electrons. The van der Waals surface area contributed by atoms with E-state index in [0.29, 0.717) is 18.5 Å². The van der Waals surface area contributed by atoms with E-state index in [0.717, 1.165) is 11.1 Å². The topological polar surface area (TPSA) is 80.9 Å². The third-order valence-electron chi connectivity index (χ3n) is 3.13. The van der Waals surface area contributed by atoms with Crippen LogP contribution in [0.2, 0.25) is 0 Å². The number of nitrogens with zero attached hydrogens (tertiary/aromatic N) is 1. The SMILES string of the molecule is Cc1ccccc1CCC(=O)n1[nH]c(=O)cc1CN. The maximum Gasteiger partial charge on any atom is 0.264 e. The second kappa shape index (κ2) is 5.67. The lowest BCUT2D eigenvalue weighted by molar-refractivity contribution is 0.0883. The molecule has 3 N–H and O–H groups in total. The third-order valence-corrected chi connectivity index (χ3v) is 3.13. The third kappa shape index (κ3) is 3.00. The Bertz CT molecular complexity index is 640. The number of aromatic nitrogens is 2. The molecule has 0 amide bonds. The Labute approximate surface area is 111 Å². The highest BCUT2D eigenvalue weighted by Gasteiger charge is 2.11. The Hall–Kier alpha value is -2.14. The summed E-state index contributed by atoms with van der Waals surface area (Å²) in [6.45, 7) is 2.18. The highest BCUT2D eigenvalue weighted by molar-refractivity contribution is 5.78. The average Bonchev–Trinajstić information content (AvgIpc) is 2.79. The lowest BCUT2D eigenvalue weighted by Gasteiger charge is -2.07. The molecule has 0 bridgehead atoms. The summed E-state index contributed by atoms with van der Waals surface area (Å²) in [6.07, 6.45) is 0.984. The van der Waals surface area contributed by atoms with Gasteiger partial charge in [-0.1, -0.05) is 24.3 Å². The van der Waals surface area contributed by atoms with Crippen molar-refractivity contribution in [3.8, 4) is 0 Å². The van der Waals surface area contributed by atoms with Gasteiger partial charge in [0, 0.05) is 19.0 Å². The number of nitrogens with one attached hydrogen (secondary N) is 1. The molecule has 2 rings (SSSR count). The fraction of sp³-hybridized carbons (Fsp3) is 0.286. The molecule has 1 aromatic carbocycles. The summed E-state index contributed by atoms with van der Waals surface area (Å²) < 4.78 is 1.25. The molecule has 0 saturated carbocycles. The van der Waals surface area contributed by atoms with E-state index in [4.69, 9.17) is 5.73 Å². The van der Waals surface area contributed by atoms with Crippen molar-refractivity contribution in [1.29, 1.82) is 0 Å². The highest BCUT2D eigenvalue weighted by Crippen LogP contribution is 2.10. The van der Waals surface area contributed by atoms with Gasteiger partial charge in [0.1, 0.15) is 0 Å². The van der Waals surface area contributed by atoms with Crippen molar-refractivity contribution in [2.24, 2.45) is 5.73 Å². The second-order valence-corrected chi connectivity index (χ2v) is 4.47. The van der Waals surface area contributed by atoms with Crippen LogP contribution in [-0.2, 0) is 13.0 Å². The Kier molecular flexibility index (Phi) is 3.97. The minimum absolute atomic E-state index is 0.147. The first-order valence-electron chi connectivity index (χ1n) is 6.20. The van der Waals surface area contributed by atoms with Crippen LogP contribution < -0.4 is 11.3 Å². The maximum absolute atomic E-state index is 12.1. The quantitative estimate of drug-likeness (QED) is 0.866. The Morgan fingerprint density at radius 1 is 1.37 bits per heavy atom. The van der Waals surface area contributed by atoms with Gasteiger partial charge < -0.3 is 5.73 Å². The first-order valence-corrected chi connectivity index (χ1v) is 6.20. The van der Waals surface area contributed by atoms with Gasteiger partial charge in [-0.2, -0.15) is 0 Å². The summed E-state index contributed by atoms with van der Waals surface area (Å²) in [7, 11) is 0. The van der Waals surface area contributed by atoms with E-state index in [9.17, 15) is 9.59 Å². The first kappa shape index (κ1) is 13.3. The van der Waals surface area contributed by atoms with Gasteiger partial charge in [0.2, 0.25) is 5.91 Å². The Morgan fingerprint density at radius 2 is 2.11 bits per heavy atom. The molecule has 5 heteroatoms. The van der Waals surface area contributed by atoms with E-state index in [2.05, 4.69) is 5.10 Å². The van der Waals surface area contributed by atoms with Crippen LogP contribution in [0.3, 0.4) is 0 Å². The number of carbonyl (C=O) groups excluding carboxylic acids is 1.